The first-order valence-corrected chi connectivity index (χ1v) is 8.34. The largest absolute Gasteiger partial charge is 0.292 e. The Labute approximate surface area is 142 Å². The molecule has 0 amide bonds. The van der Waals surface area contributed by atoms with E-state index in [4.69, 9.17) is 0 Å². The molecule has 5 nitrogen and oxygen atoms in total. The van der Waals surface area contributed by atoms with Gasteiger partial charge in [0.05, 0.1) is 36.0 Å². The lowest BCUT2D eigenvalue weighted by atomic mass is 10.2. The minimum Gasteiger partial charge on any atom is -0.292 e. The molecule has 0 bridgehead atoms. The number of nitrogens with zero attached hydrogens (tertiary/aromatic N) is 4. The molecule has 1 aromatic carbocycles. The molecule has 6 heteroatoms. The Morgan fingerprint density at radius 2 is 1.92 bits per heavy atom. The van der Waals surface area contributed by atoms with E-state index in [0.29, 0.717) is 11.2 Å². The maximum atomic E-state index is 12.7. The number of aromatic nitrogens is 4. The van der Waals surface area contributed by atoms with Gasteiger partial charge in [-0.05, 0) is 18.6 Å². The third-order valence-electron chi connectivity index (χ3n) is 3.73. The number of hydrogen-bond donors (Lipinski definition) is 0. The Hall–Kier alpha value is -2.86. The molecule has 4 rings (SSSR count). The molecule has 0 aliphatic carbocycles. The maximum absolute atomic E-state index is 12.7. The van der Waals surface area contributed by atoms with E-state index in [1.165, 1.54) is 11.3 Å². The molecular weight excluding hydrogens is 320 g/mol. The average Bonchev–Trinajstić information content (AvgIpc) is 3.05. The topological polar surface area (TPSA) is 60.7 Å². The summed E-state index contributed by atoms with van der Waals surface area (Å²) < 4.78 is 2.24. The lowest BCUT2D eigenvalue weighted by Gasteiger charge is -2.04. The second-order valence-corrected chi connectivity index (χ2v) is 6.57. The number of aryl methyl sites for hydroxylation is 1. The molecule has 0 unspecified atom stereocenters. The third-order valence-corrected chi connectivity index (χ3v) is 4.89. The molecule has 0 spiro atoms. The van der Waals surface area contributed by atoms with E-state index in [9.17, 15) is 4.79 Å². The summed E-state index contributed by atoms with van der Waals surface area (Å²) in [7, 11) is 0. The van der Waals surface area contributed by atoms with Crippen LogP contribution in [0.15, 0.2) is 59.9 Å². The van der Waals surface area contributed by atoms with Gasteiger partial charge in [-0.15, -0.1) is 11.3 Å². The highest BCUT2D eigenvalue weighted by atomic mass is 32.1. The van der Waals surface area contributed by atoms with Crippen molar-refractivity contribution in [3.63, 3.8) is 0 Å². The van der Waals surface area contributed by atoms with Gasteiger partial charge < -0.3 is 0 Å². The first-order valence-electron chi connectivity index (χ1n) is 7.52. The number of hydrogen-bond acceptors (Lipinski definition) is 5. The van der Waals surface area contributed by atoms with Crippen LogP contribution >= 0.6 is 11.3 Å². The van der Waals surface area contributed by atoms with E-state index < -0.39 is 0 Å². The van der Waals surface area contributed by atoms with Crippen molar-refractivity contribution in [1.29, 1.82) is 0 Å². The van der Waals surface area contributed by atoms with E-state index in [0.717, 1.165) is 27.3 Å². The number of rotatable bonds is 3. The number of fused-ring (bicyclic) bond motifs is 1. The molecule has 0 N–H and O–H groups in total. The lowest BCUT2D eigenvalue weighted by molar-refractivity contribution is 0.725. The second kappa shape index (κ2) is 5.98. The zero-order valence-electron chi connectivity index (χ0n) is 13.0. The highest BCUT2D eigenvalue weighted by molar-refractivity contribution is 7.22. The van der Waals surface area contributed by atoms with Crippen LogP contribution in [0.4, 0.5) is 0 Å². The van der Waals surface area contributed by atoms with E-state index in [-0.39, 0.29) is 5.56 Å². The van der Waals surface area contributed by atoms with E-state index in [2.05, 4.69) is 15.0 Å². The molecule has 0 saturated carbocycles. The first-order chi connectivity index (χ1) is 11.7. The summed E-state index contributed by atoms with van der Waals surface area (Å²) in [4.78, 5) is 26.7. The molecule has 4 aromatic rings. The first kappa shape index (κ1) is 14.7. The van der Waals surface area contributed by atoms with Crippen LogP contribution in [-0.4, -0.2) is 19.5 Å². The van der Waals surface area contributed by atoms with E-state index in [1.807, 2.05) is 43.3 Å². The van der Waals surface area contributed by atoms with Crippen LogP contribution in [0, 0.1) is 6.92 Å². The van der Waals surface area contributed by atoms with Gasteiger partial charge in [0.2, 0.25) is 0 Å². The summed E-state index contributed by atoms with van der Waals surface area (Å²) in [5.41, 5.74) is 3.37. The Balaban J connectivity index is 1.75. The van der Waals surface area contributed by atoms with Crippen molar-refractivity contribution in [2.45, 2.75) is 13.5 Å². The molecule has 3 heterocycles. The normalized spacial score (nSPS) is 11.0. The van der Waals surface area contributed by atoms with Gasteiger partial charge in [-0.25, -0.2) is 4.98 Å². The molecule has 0 saturated heterocycles. The van der Waals surface area contributed by atoms with Gasteiger partial charge in [-0.2, -0.15) is 0 Å². The van der Waals surface area contributed by atoms with Crippen molar-refractivity contribution >= 4 is 21.6 Å². The van der Waals surface area contributed by atoms with Crippen LogP contribution in [0.25, 0.3) is 20.7 Å². The summed E-state index contributed by atoms with van der Waals surface area (Å²) >= 11 is 1.47. The van der Waals surface area contributed by atoms with Crippen LogP contribution in [0.3, 0.4) is 0 Å². The zero-order valence-corrected chi connectivity index (χ0v) is 13.8. The summed E-state index contributed by atoms with van der Waals surface area (Å²) in [6.45, 7) is 2.25. The minimum atomic E-state index is -0.0467. The second-order valence-electron chi connectivity index (χ2n) is 5.52. The molecule has 24 heavy (non-hydrogen) atoms. The highest BCUT2D eigenvalue weighted by Gasteiger charge is 2.11. The van der Waals surface area contributed by atoms with Crippen LogP contribution < -0.4 is 5.56 Å². The summed E-state index contributed by atoms with van der Waals surface area (Å²) in [5, 5.41) is 0. The number of benzene rings is 1. The van der Waals surface area contributed by atoms with Crippen LogP contribution in [0.1, 0.15) is 11.4 Å². The predicted octanol–water partition coefficient (Wildman–Crippen LogP) is 3.27. The van der Waals surface area contributed by atoms with Gasteiger partial charge in [-0.3, -0.25) is 19.3 Å². The molecule has 0 radical (unpaired) electrons. The average molecular weight is 334 g/mol. The molecule has 0 atom stereocenters. The smallest absolute Gasteiger partial charge is 0.271 e. The van der Waals surface area contributed by atoms with Gasteiger partial charge in [0.1, 0.15) is 4.70 Å². The highest BCUT2D eigenvalue weighted by Crippen LogP contribution is 2.30. The Morgan fingerprint density at radius 3 is 2.67 bits per heavy atom. The Morgan fingerprint density at radius 1 is 1.08 bits per heavy atom. The fraction of sp³-hybridized carbons (Fsp3) is 0.111. The molecule has 3 aromatic heterocycles. The molecule has 0 aliphatic rings. The van der Waals surface area contributed by atoms with Gasteiger partial charge in [0.15, 0.2) is 0 Å². The van der Waals surface area contributed by atoms with E-state index >= 15 is 0 Å². The molecule has 0 aliphatic heterocycles. The monoisotopic (exact) mass is 334 g/mol. The van der Waals surface area contributed by atoms with Gasteiger partial charge >= 0.3 is 0 Å². The standard InChI is InChI=1S/C18H14N4OS/c1-12-8-20-14(9-19-12)10-22-11-21-15-7-16(24-17(15)18(22)23)13-5-3-2-4-6-13/h2-9,11H,10H2,1H3. The van der Waals surface area contributed by atoms with Gasteiger partial charge in [0.25, 0.3) is 5.56 Å². The van der Waals surface area contributed by atoms with Crippen molar-refractivity contribution in [2.24, 2.45) is 0 Å². The quantitative estimate of drug-likeness (QED) is 0.577. The number of thiophene rings is 1. The lowest BCUT2D eigenvalue weighted by Crippen LogP contribution is -2.20. The fourth-order valence-electron chi connectivity index (χ4n) is 2.48. The van der Waals surface area contributed by atoms with E-state index in [1.54, 1.807) is 23.3 Å². The Kier molecular flexibility index (Phi) is 3.66. The molecule has 0 fully saturated rings. The third kappa shape index (κ3) is 2.72. The summed E-state index contributed by atoms with van der Waals surface area (Å²) in [6, 6.07) is 12.0. The van der Waals surface area contributed by atoms with Crippen molar-refractivity contribution in [2.75, 3.05) is 0 Å². The van der Waals surface area contributed by atoms with Gasteiger partial charge in [-0.1, -0.05) is 30.3 Å². The van der Waals surface area contributed by atoms with Crippen molar-refractivity contribution in [3.8, 4) is 10.4 Å². The zero-order chi connectivity index (χ0) is 16.5. The summed E-state index contributed by atoms with van der Waals surface area (Å²) in [5.74, 6) is 0. The SMILES string of the molecule is Cc1cnc(Cn2cnc3cc(-c4ccccc4)sc3c2=O)cn1. The van der Waals surface area contributed by atoms with Crippen LogP contribution in [0.2, 0.25) is 0 Å². The maximum Gasteiger partial charge on any atom is 0.271 e. The van der Waals surface area contributed by atoms with Crippen LogP contribution in [0.5, 0.6) is 0 Å². The Bertz CT molecular complexity index is 1050. The predicted molar refractivity (Wildman–Crippen MR) is 95.2 cm³/mol. The fourth-order valence-corrected chi connectivity index (χ4v) is 3.54. The molecular formula is C18H14N4OS. The molecule has 118 valence electrons. The van der Waals surface area contributed by atoms with Crippen LogP contribution in [-0.2, 0) is 6.54 Å². The minimum absolute atomic E-state index is 0.0467. The summed E-state index contributed by atoms with van der Waals surface area (Å²) in [6.07, 6.45) is 4.97. The van der Waals surface area contributed by atoms with Crippen molar-refractivity contribution < 1.29 is 0 Å². The van der Waals surface area contributed by atoms with Gasteiger partial charge in [0, 0.05) is 11.1 Å². The van der Waals surface area contributed by atoms with Crippen molar-refractivity contribution in [1.82, 2.24) is 19.5 Å². The van der Waals surface area contributed by atoms with Crippen molar-refractivity contribution in [3.05, 3.63) is 76.9 Å².